The van der Waals surface area contributed by atoms with Gasteiger partial charge < -0.3 is 14.2 Å². The van der Waals surface area contributed by atoms with Gasteiger partial charge in [-0.25, -0.2) is 4.99 Å². The van der Waals surface area contributed by atoms with Crippen molar-refractivity contribution in [2.75, 3.05) is 13.9 Å². The van der Waals surface area contributed by atoms with Gasteiger partial charge in [-0.3, -0.25) is 9.36 Å². The van der Waals surface area contributed by atoms with E-state index in [0.717, 1.165) is 45.5 Å². The number of aromatic nitrogens is 1. The molecule has 0 amide bonds. The van der Waals surface area contributed by atoms with E-state index >= 15 is 0 Å². The Kier molecular flexibility index (Phi) is 5.33. The van der Waals surface area contributed by atoms with E-state index in [1.807, 2.05) is 47.0 Å². The van der Waals surface area contributed by atoms with Crippen molar-refractivity contribution in [2.24, 2.45) is 4.99 Å². The van der Waals surface area contributed by atoms with Crippen molar-refractivity contribution in [3.8, 4) is 17.2 Å². The Morgan fingerprint density at radius 2 is 1.86 bits per heavy atom. The predicted octanol–water partition coefficient (Wildman–Crippen LogP) is 4.82. The lowest BCUT2D eigenvalue weighted by Crippen LogP contribution is -2.38. The largest absolute Gasteiger partial charge is 0.497 e. The second kappa shape index (κ2) is 8.75. The van der Waals surface area contributed by atoms with Gasteiger partial charge in [-0.2, -0.15) is 0 Å². The summed E-state index contributed by atoms with van der Waals surface area (Å²) >= 11 is 5.03. The molecule has 3 heterocycles. The molecule has 0 bridgehead atoms. The normalized spacial score (nSPS) is 17.7. The second-order valence-electron chi connectivity index (χ2n) is 9.11. The molecule has 184 valence electrons. The SMILES string of the molecule is COc1ccc([C@@H]2C3=C(N=c4s/c(=C/c5cc6c(cc5Br)OCO6)c(=O)n42)c2ccccc2CC3)cc1. The van der Waals surface area contributed by atoms with E-state index in [2.05, 4.69) is 40.2 Å². The van der Waals surface area contributed by atoms with Gasteiger partial charge in [0.05, 0.1) is 23.4 Å². The molecule has 0 N–H and O–H groups in total. The van der Waals surface area contributed by atoms with Crippen LogP contribution in [0.15, 0.2) is 80.5 Å². The zero-order chi connectivity index (χ0) is 25.1. The molecule has 0 saturated carbocycles. The molecule has 8 heteroatoms. The highest BCUT2D eigenvalue weighted by atomic mass is 79.9. The van der Waals surface area contributed by atoms with Crippen molar-refractivity contribution in [3.63, 3.8) is 0 Å². The third kappa shape index (κ3) is 3.66. The summed E-state index contributed by atoms with van der Waals surface area (Å²) in [6.07, 6.45) is 3.67. The number of methoxy groups -OCH3 is 1. The van der Waals surface area contributed by atoms with Crippen LogP contribution in [0.2, 0.25) is 0 Å². The minimum Gasteiger partial charge on any atom is -0.497 e. The maximum Gasteiger partial charge on any atom is 0.271 e. The van der Waals surface area contributed by atoms with E-state index in [9.17, 15) is 4.79 Å². The number of ether oxygens (including phenoxy) is 3. The molecule has 3 aliphatic rings. The molecule has 7 rings (SSSR count). The molecule has 1 aromatic heterocycles. The highest BCUT2D eigenvalue weighted by Gasteiger charge is 2.32. The van der Waals surface area contributed by atoms with Crippen LogP contribution in [-0.2, 0) is 6.42 Å². The molecular weight excluding hydrogens is 552 g/mol. The Morgan fingerprint density at radius 3 is 2.68 bits per heavy atom. The van der Waals surface area contributed by atoms with Gasteiger partial charge in [-0.1, -0.05) is 63.7 Å². The Bertz CT molecular complexity index is 1790. The number of hydrogen-bond donors (Lipinski definition) is 0. The first-order valence-corrected chi connectivity index (χ1v) is 13.6. The highest BCUT2D eigenvalue weighted by Crippen LogP contribution is 2.41. The van der Waals surface area contributed by atoms with Crippen molar-refractivity contribution < 1.29 is 14.2 Å². The van der Waals surface area contributed by atoms with E-state index in [1.165, 1.54) is 22.5 Å². The molecule has 1 atom stereocenters. The fraction of sp³-hybridized carbons (Fsp3) is 0.172. The van der Waals surface area contributed by atoms with Crippen molar-refractivity contribution in [3.05, 3.63) is 113 Å². The van der Waals surface area contributed by atoms with Gasteiger partial charge in [0, 0.05) is 10.0 Å². The third-order valence-electron chi connectivity index (χ3n) is 7.08. The van der Waals surface area contributed by atoms with E-state index in [4.69, 9.17) is 19.2 Å². The molecule has 37 heavy (non-hydrogen) atoms. The van der Waals surface area contributed by atoms with E-state index < -0.39 is 0 Å². The van der Waals surface area contributed by atoms with E-state index in [-0.39, 0.29) is 18.4 Å². The summed E-state index contributed by atoms with van der Waals surface area (Å²) in [6.45, 7) is 0.197. The lowest BCUT2D eigenvalue weighted by Gasteiger charge is -2.30. The number of fused-ring (bicyclic) bond motifs is 4. The molecule has 4 aromatic rings. The Balaban J connectivity index is 1.46. The molecule has 6 nitrogen and oxygen atoms in total. The summed E-state index contributed by atoms with van der Waals surface area (Å²) in [5, 5.41) is 0. The van der Waals surface area contributed by atoms with Crippen molar-refractivity contribution >= 4 is 39.0 Å². The monoisotopic (exact) mass is 572 g/mol. The van der Waals surface area contributed by atoms with Crippen molar-refractivity contribution in [2.45, 2.75) is 18.9 Å². The maximum absolute atomic E-state index is 14.0. The number of aryl methyl sites for hydroxylation is 1. The Labute approximate surface area is 224 Å². The average Bonchev–Trinajstić information content (AvgIpc) is 3.51. The van der Waals surface area contributed by atoms with Crippen LogP contribution in [0, 0.1) is 0 Å². The zero-order valence-electron chi connectivity index (χ0n) is 19.9. The predicted molar refractivity (Wildman–Crippen MR) is 146 cm³/mol. The van der Waals surface area contributed by atoms with Crippen LogP contribution >= 0.6 is 27.3 Å². The summed E-state index contributed by atoms with van der Waals surface area (Å²) in [5.41, 5.74) is 6.44. The third-order valence-corrected chi connectivity index (χ3v) is 8.75. The number of hydrogen-bond acceptors (Lipinski definition) is 6. The quantitative estimate of drug-likeness (QED) is 0.353. The molecule has 0 spiro atoms. The molecule has 0 radical (unpaired) electrons. The highest BCUT2D eigenvalue weighted by molar-refractivity contribution is 9.10. The van der Waals surface area contributed by atoms with Gasteiger partial charge in [-0.05, 0) is 65.4 Å². The number of allylic oxidation sites excluding steroid dienone is 1. The summed E-state index contributed by atoms with van der Waals surface area (Å²) in [7, 11) is 1.66. The maximum atomic E-state index is 14.0. The lowest BCUT2D eigenvalue weighted by atomic mass is 9.83. The van der Waals surface area contributed by atoms with E-state index in [1.54, 1.807) is 7.11 Å². The van der Waals surface area contributed by atoms with Crippen molar-refractivity contribution in [1.29, 1.82) is 0 Å². The molecule has 2 aliphatic heterocycles. The Hall–Kier alpha value is -3.62. The zero-order valence-corrected chi connectivity index (χ0v) is 22.3. The van der Waals surface area contributed by atoms with Gasteiger partial charge in [0.2, 0.25) is 6.79 Å². The summed E-state index contributed by atoms with van der Waals surface area (Å²) < 4.78 is 19.7. The van der Waals surface area contributed by atoms with Gasteiger partial charge >= 0.3 is 0 Å². The lowest BCUT2D eigenvalue weighted by molar-refractivity contribution is 0.174. The standard InChI is InChI=1S/C29H21BrN2O4S/c1-34-19-9-6-17(7-10-19)27-21-11-8-16-4-2-3-5-20(16)26(21)31-29-32(27)28(33)25(37-29)13-18-12-23-24(14-22(18)30)36-15-35-23/h2-7,9-10,12-14,27H,8,11,15H2,1H3/b25-13+/t27-/m1/s1. The summed E-state index contributed by atoms with van der Waals surface area (Å²) in [6, 6.07) is 20.0. The molecule has 0 saturated heterocycles. The van der Waals surface area contributed by atoms with Crippen LogP contribution in [0.25, 0.3) is 11.8 Å². The topological polar surface area (TPSA) is 62.0 Å². The molecule has 0 unspecified atom stereocenters. The van der Waals surface area contributed by atoms with Crippen LogP contribution in [0.3, 0.4) is 0 Å². The fourth-order valence-corrected chi connectivity index (χ4v) is 6.72. The Morgan fingerprint density at radius 1 is 1.08 bits per heavy atom. The van der Waals surface area contributed by atoms with Gasteiger partial charge in [0.1, 0.15) is 5.75 Å². The number of rotatable bonds is 3. The first-order chi connectivity index (χ1) is 18.1. The van der Waals surface area contributed by atoms with Crippen LogP contribution in [0.4, 0.5) is 0 Å². The molecule has 1 aliphatic carbocycles. The van der Waals surface area contributed by atoms with E-state index in [0.29, 0.717) is 20.8 Å². The van der Waals surface area contributed by atoms with Crippen LogP contribution in [-0.4, -0.2) is 18.5 Å². The minimum absolute atomic E-state index is 0.0560. The smallest absolute Gasteiger partial charge is 0.271 e. The molecule has 0 fully saturated rings. The number of benzene rings is 3. The van der Waals surface area contributed by atoms with Gasteiger partial charge in [0.25, 0.3) is 5.56 Å². The number of thiazole rings is 1. The van der Waals surface area contributed by atoms with Crippen LogP contribution in [0.5, 0.6) is 17.2 Å². The van der Waals surface area contributed by atoms with Gasteiger partial charge in [0.15, 0.2) is 16.3 Å². The molecule has 3 aromatic carbocycles. The molecular formula is C29H21BrN2O4S. The number of nitrogens with zero attached hydrogens (tertiary/aromatic N) is 2. The first kappa shape index (κ1) is 22.6. The van der Waals surface area contributed by atoms with Crippen LogP contribution in [0.1, 0.15) is 34.7 Å². The minimum atomic E-state index is -0.229. The average molecular weight is 573 g/mol. The van der Waals surface area contributed by atoms with Gasteiger partial charge in [-0.15, -0.1) is 0 Å². The number of halogens is 1. The summed E-state index contributed by atoms with van der Waals surface area (Å²) in [4.78, 5) is 19.7. The van der Waals surface area contributed by atoms with Crippen LogP contribution < -0.4 is 29.1 Å². The second-order valence-corrected chi connectivity index (χ2v) is 11.0. The summed E-state index contributed by atoms with van der Waals surface area (Å²) in [5.74, 6) is 2.15. The first-order valence-electron chi connectivity index (χ1n) is 12.0. The fourth-order valence-electron chi connectivity index (χ4n) is 5.29. The van der Waals surface area contributed by atoms with Crippen molar-refractivity contribution in [1.82, 2.24) is 4.57 Å².